The molecular formula is C18H22O3. The topological polar surface area (TPSA) is 35.5 Å². The van der Waals surface area contributed by atoms with Crippen LogP contribution in [0.4, 0.5) is 0 Å². The third kappa shape index (κ3) is 2.48. The SMILES string of the molecule is CCCc1c(OC)c(OC)c(C=O)c2cc(C)c(C)cc12. The first-order valence-electron chi connectivity index (χ1n) is 7.21. The number of methoxy groups -OCH3 is 2. The lowest BCUT2D eigenvalue weighted by molar-refractivity contribution is 0.112. The first-order valence-corrected chi connectivity index (χ1v) is 7.21. The summed E-state index contributed by atoms with van der Waals surface area (Å²) in [5.74, 6) is 1.21. The summed E-state index contributed by atoms with van der Waals surface area (Å²) in [4.78, 5) is 11.6. The molecule has 0 spiro atoms. The molecule has 0 saturated carbocycles. The van der Waals surface area contributed by atoms with Crippen LogP contribution in [0.5, 0.6) is 11.5 Å². The van der Waals surface area contributed by atoms with Gasteiger partial charge in [-0.15, -0.1) is 0 Å². The number of hydrogen-bond acceptors (Lipinski definition) is 3. The van der Waals surface area contributed by atoms with Gasteiger partial charge >= 0.3 is 0 Å². The van der Waals surface area contributed by atoms with Gasteiger partial charge in [-0.1, -0.05) is 25.5 Å². The van der Waals surface area contributed by atoms with Crippen LogP contribution < -0.4 is 9.47 Å². The van der Waals surface area contributed by atoms with Crippen molar-refractivity contribution >= 4 is 17.1 Å². The van der Waals surface area contributed by atoms with E-state index in [0.29, 0.717) is 17.1 Å². The van der Waals surface area contributed by atoms with Gasteiger partial charge in [0, 0.05) is 5.56 Å². The van der Waals surface area contributed by atoms with Crippen molar-refractivity contribution in [3.05, 3.63) is 34.4 Å². The Balaban J connectivity index is 3.01. The van der Waals surface area contributed by atoms with Crippen molar-refractivity contribution in [2.45, 2.75) is 33.6 Å². The summed E-state index contributed by atoms with van der Waals surface area (Å²) in [7, 11) is 3.20. The molecule has 0 heterocycles. The van der Waals surface area contributed by atoms with E-state index in [2.05, 4.69) is 32.9 Å². The Hall–Kier alpha value is -2.03. The first-order chi connectivity index (χ1) is 10.1. The van der Waals surface area contributed by atoms with Crippen LogP contribution >= 0.6 is 0 Å². The van der Waals surface area contributed by atoms with Gasteiger partial charge in [0.25, 0.3) is 0 Å². The van der Waals surface area contributed by atoms with Crippen molar-refractivity contribution in [1.29, 1.82) is 0 Å². The molecule has 2 aromatic carbocycles. The standard InChI is InChI=1S/C18H22O3/c1-6-7-13-14-8-11(2)12(3)9-15(14)16(10-19)18(21-5)17(13)20-4/h8-10H,6-7H2,1-5H3. The van der Waals surface area contributed by atoms with Gasteiger partial charge in [0.05, 0.1) is 19.8 Å². The van der Waals surface area contributed by atoms with Gasteiger partial charge < -0.3 is 9.47 Å². The van der Waals surface area contributed by atoms with Gasteiger partial charge in [-0.3, -0.25) is 4.79 Å². The van der Waals surface area contributed by atoms with E-state index >= 15 is 0 Å². The zero-order valence-electron chi connectivity index (χ0n) is 13.4. The first kappa shape index (κ1) is 15.4. The van der Waals surface area contributed by atoms with E-state index in [4.69, 9.17) is 9.47 Å². The molecule has 112 valence electrons. The molecule has 0 aliphatic rings. The van der Waals surface area contributed by atoms with E-state index in [-0.39, 0.29) is 0 Å². The minimum atomic E-state index is 0.534. The van der Waals surface area contributed by atoms with E-state index in [1.807, 2.05) is 0 Å². The molecular weight excluding hydrogens is 264 g/mol. The second-order valence-corrected chi connectivity index (χ2v) is 5.31. The fourth-order valence-corrected chi connectivity index (χ4v) is 2.83. The number of aldehydes is 1. The predicted octanol–water partition coefficient (Wildman–Crippen LogP) is 4.24. The van der Waals surface area contributed by atoms with Crippen LogP contribution in [0.3, 0.4) is 0 Å². The number of ether oxygens (including phenoxy) is 2. The van der Waals surface area contributed by atoms with E-state index in [9.17, 15) is 4.79 Å². The lowest BCUT2D eigenvalue weighted by atomic mass is 9.92. The average molecular weight is 286 g/mol. The quantitative estimate of drug-likeness (QED) is 0.771. The summed E-state index contributed by atoms with van der Waals surface area (Å²) in [5, 5.41) is 2.02. The highest BCUT2D eigenvalue weighted by molar-refractivity contribution is 6.05. The van der Waals surface area contributed by atoms with Gasteiger partial charge in [-0.2, -0.15) is 0 Å². The summed E-state index contributed by atoms with van der Waals surface area (Å²) in [6, 6.07) is 4.21. The minimum Gasteiger partial charge on any atom is -0.493 e. The maximum atomic E-state index is 11.6. The zero-order chi connectivity index (χ0) is 15.6. The second-order valence-electron chi connectivity index (χ2n) is 5.31. The molecule has 0 fully saturated rings. The van der Waals surface area contributed by atoms with Gasteiger partial charge in [-0.25, -0.2) is 0 Å². The van der Waals surface area contributed by atoms with Gasteiger partial charge in [-0.05, 0) is 42.2 Å². The maximum Gasteiger partial charge on any atom is 0.172 e. The summed E-state index contributed by atoms with van der Waals surface area (Å²) < 4.78 is 11.0. The van der Waals surface area contributed by atoms with Crippen molar-refractivity contribution in [3.8, 4) is 11.5 Å². The molecule has 3 heteroatoms. The molecule has 0 atom stereocenters. The average Bonchev–Trinajstić information content (AvgIpc) is 2.48. The van der Waals surface area contributed by atoms with Crippen LogP contribution in [0.1, 0.15) is 40.4 Å². The summed E-state index contributed by atoms with van der Waals surface area (Å²) in [6.07, 6.45) is 2.74. The zero-order valence-corrected chi connectivity index (χ0v) is 13.4. The molecule has 0 N–H and O–H groups in total. The number of rotatable bonds is 5. The van der Waals surface area contributed by atoms with E-state index in [1.165, 1.54) is 11.1 Å². The van der Waals surface area contributed by atoms with E-state index in [0.717, 1.165) is 35.5 Å². The van der Waals surface area contributed by atoms with Crippen molar-refractivity contribution < 1.29 is 14.3 Å². The van der Waals surface area contributed by atoms with Crippen LogP contribution in [0.2, 0.25) is 0 Å². The molecule has 0 amide bonds. The number of aryl methyl sites for hydroxylation is 3. The Labute approximate surface area is 125 Å². The fourth-order valence-electron chi connectivity index (χ4n) is 2.83. The molecule has 2 rings (SSSR count). The Morgan fingerprint density at radius 2 is 1.57 bits per heavy atom. The predicted molar refractivity (Wildman–Crippen MR) is 85.9 cm³/mol. The molecule has 0 aromatic heterocycles. The number of fused-ring (bicyclic) bond motifs is 1. The molecule has 21 heavy (non-hydrogen) atoms. The molecule has 0 aliphatic carbocycles. The summed E-state index contributed by atoms with van der Waals surface area (Å²) in [5.41, 5.74) is 4.05. The Bertz CT molecular complexity index is 687. The molecule has 0 unspecified atom stereocenters. The van der Waals surface area contributed by atoms with Gasteiger partial charge in [0.2, 0.25) is 0 Å². The number of carbonyl (C=O) groups excluding carboxylic acids is 1. The fraction of sp³-hybridized carbons (Fsp3) is 0.389. The third-order valence-electron chi connectivity index (χ3n) is 4.00. The van der Waals surface area contributed by atoms with Crippen molar-refractivity contribution in [2.75, 3.05) is 14.2 Å². The van der Waals surface area contributed by atoms with Gasteiger partial charge in [0.1, 0.15) is 0 Å². The smallest absolute Gasteiger partial charge is 0.172 e. The number of hydrogen-bond donors (Lipinski definition) is 0. The molecule has 0 bridgehead atoms. The number of benzene rings is 2. The van der Waals surface area contributed by atoms with E-state index < -0.39 is 0 Å². The van der Waals surface area contributed by atoms with Crippen LogP contribution in [-0.2, 0) is 6.42 Å². The van der Waals surface area contributed by atoms with Gasteiger partial charge in [0.15, 0.2) is 17.8 Å². The molecule has 3 nitrogen and oxygen atoms in total. The minimum absolute atomic E-state index is 0.534. The highest BCUT2D eigenvalue weighted by atomic mass is 16.5. The van der Waals surface area contributed by atoms with Crippen molar-refractivity contribution in [2.24, 2.45) is 0 Å². The van der Waals surface area contributed by atoms with E-state index in [1.54, 1.807) is 14.2 Å². The molecule has 0 aliphatic heterocycles. The lowest BCUT2D eigenvalue weighted by Crippen LogP contribution is -2.02. The third-order valence-corrected chi connectivity index (χ3v) is 4.00. The van der Waals surface area contributed by atoms with Crippen molar-refractivity contribution in [3.63, 3.8) is 0 Å². The summed E-state index contributed by atoms with van der Waals surface area (Å²) in [6.45, 7) is 6.27. The maximum absolute atomic E-state index is 11.6. The molecule has 0 saturated heterocycles. The highest BCUT2D eigenvalue weighted by Gasteiger charge is 2.20. The molecule has 2 aromatic rings. The second kappa shape index (κ2) is 6.17. The van der Waals surface area contributed by atoms with Crippen LogP contribution in [-0.4, -0.2) is 20.5 Å². The largest absolute Gasteiger partial charge is 0.493 e. The normalized spacial score (nSPS) is 10.7. The summed E-state index contributed by atoms with van der Waals surface area (Å²) >= 11 is 0. The Morgan fingerprint density at radius 3 is 2.05 bits per heavy atom. The Kier molecular flexibility index (Phi) is 4.51. The van der Waals surface area contributed by atoms with Crippen LogP contribution in [0, 0.1) is 13.8 Å². The van der Waals surface area contributed by atoms with Crippen molar-refractivity contribution in [1.82, 2.24) is 0 Å². The molecule has 0 radical (unpaired) electrons. The van der Waals surface area contributed by atoms with Crippen LogP contribution in [0.25, 0.3) is 10.8 Å². The Morgan fingerprint density at radius 1 is 1.00 bits per heavy atom. The van der Waals surface area contributed by atoms with Crippen LogP contribution in [0.15, 0.2) is 12.1 Å². The monoisotopic (exact) mass is 286 g/mol. The lowest BCUT2D eigenvalue weighted by Gasteiger charge is -2.19. The number of carbonyl (C=O) groups is 1. The highest BCUT2D eigenvalue weighted by Crippen LogP contribution is 2.42.